The molecule has 0 unspecified atom stereocenters. The highest BCUT2D eigenvalue weighted by Gasteiger charge is 2.39. The van der Waals surface area contributed by atoms with E-state index in [0.29, 0.717) is 15.8 Å². The summed E-state index contributed by atoms with van der Waals surface area (Å²) in [5, 5.41) is 0.547. The fraction of sp³-hybridized carbons (Fsp3) is 0.538. The fourth-order valence-corrected chi connectivity index (χ4v) is 4.58. The van der Waals surface area contributed by atoms with Crippen LogP contribution in [0.4, 0.5) is 0 Å². The van der Waals surface area contributed by atoms with Gasteiger partial charge in [0.25, 0.3) is 0 Å². The van der Waals surface area contributed by atoms with E-state index in [1.54, 1.807) is 24.3 Å². The topological polar surface area (TPSA) is 50.6 Å². The summed E-state index contributed by atoms with van der Waals surface area (Å²) in [6.45, 7) is 3.28. The lowest BCUT2D eigenvalue weighted by Gasteiger charge is -2.41. The lowest BCUT2D eigenvalue weighted by molar-refractivity contribution is -0.917. The Labute approximate surface area is 118 Å². The largest absolute Gasteiger partial charge is 0.334 e. The Hall–Kier alpha value is -0.620. The molecule has 0 spiro atoms. The van der Waals surface area contributed by atoms with E-state index in [4.69, 9.17) is 11.6 Å². The van der Waals surface area contributed by atoms with Gasteiger partial charge in [0, 0.05) is 17.9 Å². The summed E-state index contributed by atoms with van der Waals surface area (Å²) in [5.41, 5.74) is 0. The Bertz CT molecular complexity index is 551. The maximum Gasteiger partial charge on any atom is 0.241 e. The van der Waals surface area contributed by atoms with Crippen LogP contribution in [0.2, 0.25) is 5.02 Å². The summed E-state index contributed by atoms with van der Waals surface area (Å²) in [5.74, 6) is 0.500. The van der Waals surface area contributed by atoms with Crippen molar-refractivity contribution >= 4 is 21.6 Å². The second-order valence-corrected chi connectivity index (χ2v) is 7.62. The second-order valence-electron chi connectivity index (χ2n) is 5.47. The van der Waals surface area contributed by atoms with Crippen molar-refractivity contribution in [1.29, 1.82) is 0 Å². The van der Waals surface area contributed by atoms with Gasteiger partial charge < -0.3 is 4.90 Å². The highest BCUT2D eigenvalue weighted by molar-refractivity contribution is 7.89. The number of nitrogens with one attached hydrogen (secondary N) is 2. The van der Waals surface area contributed by atoms with Crippen molar-refractivity contribution in [3.8, 4) is 0 Å². The van der Waals surface area contributed by atoms with Gasteiger partial charge in [-0.2, -0.15) is 0 Å². The number of piperidine rings is 3. The number of quaternary nitrogens is 1. The van der Waals surface area contributed by atoms with E-state index in [1.807, 2.05) is 0 Å². The van der Waals surface area contributed by atoms with Crippen LogP contribution in [-0.2, 0) is 10.0 Å². The van der Waals surface area contributed by atoms with Gasteiger partial charge in [-0.15, -0.1) is 0 Å². The molecule has 0 radical (unpaired) electrons. The predicted molar refractivity (Wildman–Crippen MR) is 73.8 cm³/mol. The molecule has 0 amide bonds. The normalized spacial score (nSPS) is 30.5. The zero-order valence-electron chi connectivity index (χ0n) is 10.6. The van der Waals surface area contributed by atoms with Crippen molar-refractivity contribution in [2.45, 2.75) is 23.8 Å². The van der Waals surface area contributed by atoms with Crippen LogP contribution in [0.3, 0.4) is 0 Å². The minimum Gasteiger partial charge on any atom is -0.334 e. The summed E-state index contributed by atoms with van der Waals surface area (Å²) >= 11 is 5.79. The molecule has 3 fully saturated rings. The van der Waals surface area contributed by atoms with E-state index in [1.165, 1.54) is 18.0 Å². The van der Waals surface area contributed by atoms with Gasteiger partial charge in [0.2, 0.25) is 10.0 Å². The molecule has 19 heavy (non-hydrogen) atoms. The monoisotopic (exact) mass is 301 g/mol. The van der Waals surface area contributed by atoms with Crippen molar-refractivity contribution < 1.29 is 13.3 Å². The van der Waals surface area contributed by atoms with Crippen LogP contribution in [-0.4, -0.2) is 34.1 Å². The summed E-state index contributed by atoms with van der Waals surface area (Å²) in [4.78, 5) is 1.81. The number of benzene rings is 1. The van der Waals surface area contributed by atoms with E-state index in [-0.39, 0.29) is 6.04 Å². The third-order valence-electron chi connectivity index (χ3n) is 4.25. The van der Waals surface area contributed by atoms with Gasteiger partial charge in [0.15, 0.2) is 0 Å². The molecular formula is C13H18ClN2O2S+. The molecule has 104 valence electrons. The first-order valence-corrected chi connectivity index (χ1v) is 8.52. The van der Waals surface area contributed by atoms with E-state index in [0.717, 1.165) is 19.4 Å². The average Bonchev–Trinajstić information content (AvgIpc) is 2.40. The van der Waals surface area contributed by atoms with Crippen LogP contribution in [0.25, 0.3) is 0 Å². The number of rotatable bonds is 3. The average molecular weight is 302 g/mol. The molecule has 6 heteroatoms. The molecule has 4 rings (SSSR count). The van der Waals surface area contributed by atoms with Crippen molar-refractivity contribution in [3.05, 3.63) is 29.3 Å². The molecule has 3 aliphatic rings. The number of hydrogen-bond donors (Lipinski definition) is 2. The van der Waals surface area contributed by atoms with E-state index in [9.17, 15) is 8.42 Å². The summed E-state index contributed by atoms with van der Waals surface area (Å²) in [7, 11) is -3.42. The van der Waals surface area contributed by atoms with Crippen molar-refractivity contribution in [2.24, 2.45) is 5.92 Å². The van der Waals surface area contributed by atoms with E-state index in [2.05, 4.69) is 4.72 Å². The van der Waals surface area contributed by atoms with Crippen LogP contribution in [0.15, 0.2) is 29.2 Å². The molecule has 1 aromatic rings. The molecule has 4 nitrogen and oxygen atoms in total. The van der Waals surface area contributed by atoms with Crippen LogP contribution < -0.4 is 9.62 Å². The third kappa shape index (κ3) is 2.79. The van der Waals surface area contributed by atoms with Gasteiger partial charge in [-0.3, -0.25) is 0 Å². The molecule has 2 bridgehead atoms. The van der Waals surface area contributed by atoms with E-state index >= 15 is 0 Å². The zero-order valence-corrected chi connectivity index (χ0v) is 12.2. The summed E-state index contributed by atoms with van der Waals surface area (Å²) in [6, 6.07) is 6.41. The molecular weight excluding hydrogens is 284 g/mol. The molecule has 0 saturated carbocycles. The highest BCUT2D eigenvalue weighted by Crippen LogP contribution is 2.21. The predicted octanol–water partition coefficient (Wildman–Crippen LogP) is 0.295. The third-order valence-corrected chi connectivity index (χ3v) is 6.00. The summed E-state index contributed by atoms with van der Waals surface area (Å²) < 4.78 is 27.5. The summed E-state index contributed by atoms with van der Waals surface area (Å²) in [6.07, 6.45) is 2.26. The lowest BCUT2D eigenvalue weighted by Crippen LogP contribution is -3.17. The van der Waals surface area contributed by atoms with Crippen molar-refractivity contribution in [2.75, 3.05) is 19.6 Å². The molecule has 0 aliphatic carbocycles. The minimum absolute atomic E-state index is 0.0816. The van der Waals surface area contributed by atoms with Crippen LogP contribution in [0.1, 0.15) is 12.8 Å². The number of halogens is 1. The molecule has 2 N–H and O–H groups in total. The molecule has 3 aliphatic heterocycles. The van der Waals surface area contributed by atoms with Gasteiger partial charge in [0.1, 0.15) is 0 Å². The van der Waals surface area contributed by atoms with Crippen LogP contribution >= 0.6 is 11.6 Å². The Morgan fingerprint density at radius 1 is 1.16 bits per heavy atom. The Morgan fingerprint density at radius 2 is 1.79 bits per heavy atom. The van der Waals surface area contributed by atoms with Crippen molar-refractivity contribution in [1.82, 2.24) is 4.72 Å². The molecule has 1 atom stereocenters. The Balaban J connectivity index is 1.76. The number of fused-ring (bicyclic) bond motifs is 3. The van der Waals surface area contributed by atoms with Gasteiger partial charge in [0.05, 0.1) is 30.6 Å². The molecule has 3 heterocycles. The van der Waals surface area contributed by atoms with Crippen LogP contribution in [0.5, 0.6) is 0 Å². The van der Waals surface area contributed by atoms with Crippen molar-refractivity contribution in [3.63, 3.8) is 0 Å². The standard InChI is InChI=1S/C13H17ClN2O2S/c14-11-1-3-12(4-2-11)19(17,18)15-13-9-16-7-5-10(13)6-8-16/h1-4,10,13,15H,5-9H2/p+1/t13-/m1/s1. The molecule has 3 saturated heterocycles. The minimum atomic E-state index is -3.42. The van der Waals surface area contributed by atoms with Gasteiger partial charge in [-0.05, 0) is 30.2 Å². The first-order valence-electron chi connectivity index (χ1n) is 6.66. The fourth-order valence-electron chi connectivity index (χ4n) is 3.15. The van der Waals surface area contributed by atoms with Gasteiger partial charge in [-0.1, -0.05) is 11.6 Å². The van der Waals surface area contributed by atoms with Crippen LogP contribution in [0, 0.1) is 5.92 Å². The van der Waals surface area contributed by atoms with E-state index < -0.39 is 10.0 Å². The molecule has 1 aromatic carbocycles. The molecule has 0 aromatic heterocycles. The first kappa shape index (κ1) is 13.4. The van der Waals surface area contributed by atoms with Gasteiger partial charge in [-0.25, -0.2) is 13.1 Å². The lowest BCUT2D eigenvalue weighted by atomic mass is 9.85. The van der Waals surface area contributed by atoms with Gasteiger partial charge >= 0.3 is 0 Å². The maximum absolute atomic E-state index is 12.3. The second kappa shape index (κ2) is 5.05. The smallest absolute Gasteiger partial charge is 0.241 e. The Kier molecular flexibility index (Phi) is 3.55. The number of hydrogen-bond acceptors (Lipinski definition) is 2. The SMILES string of the molecule is O=S(=O)(N[C@@H]1C[NH+]2CCC1CC2)c1ccc(Cl)cc1. The quantitative estimate of drug-likeness (QED) is 0.843. The first-order chi connectivity index (χ1) is 9.04. The maximum atomic E-state index is 12.3. The number of sulfonamides is 1. The Morgan fingerprint density at radius 3 is 2.32 bits per heavy atom. The zero-order chi connectivity index (χ0) is 13.5. The highest BCUT2D eigenvalue weighted by atomic mass is 35.5.